The number of hydrogen-bond acceptors (Lipinski definition) is 4. The van der Waals surface area contributed by atoms with E-state index < -0.39 is 11.9 Å². The van der Waals surface area contributed by atoms with Crippen LogP contribution in [0.4, 0.5) is 4.39 Å². The van der Waals surface area contributed by atoms with Gasteiger partial charge in [0.05, 0.1) is 25.9 Å². The van der Waals surface area contributed by atoms with Crippen molar-refractivity contribution in [1.82, 2.24) is 0 Å². The number of rotatable bonds is 5. The summed E-state index contributed by atoms with van der Waals surface area (Å²) in [5.41, 5.74) is 0.110. The van der Waals surface area contributed by atoms with E-state index in [-0.39, 0.29) is 11.3 Å². The number of methoxy groups -OCH3 is 2. The normalized spacial score (nSPS) is 11.9. The first kappa shape index (κ1) is 15.1. The summed E-state index contributed by atoms with van der Waals surface area (Å²) in [5.74, 6) is 1.27. The molecule has 0 aliphatic carbocycles. The van der Waals surface area contributed by atoms with Crippen LogP contribution in [0.3, 0.4) is 0 Å². The first-order chi connectivity index (χ1) is 10.0. The molecule has 0 saturated heterocycles. The molecule has 1 atom stereocenters. The first-order valence-electron chi connectivity index (χ1n) is 6.42. The molecule has 5 heteroatoms. The highest BCUT2D eigenvalue weighted by Gasteiger charge is 2.16. The largest absolute Gasteiger partial charge is 0.496 e. The van der Waals surface area contributed by atoms with Crippen LogP contribution in [0.25, 0.3) is 0 Å². The smallest absolute Gasteiger partial charge is 0.136 e. The molecule has 0 heterocycles. The highest BCUT2D eigenvalue weighted by Crippen LogP contribution is 2.35. The maximum absolute atomic E-state index is 13.8. The summed E-state index contributed by atoms with van der Waals surface area (Å²) in [5, 5.41) is 9.70. The van der Waals surface area contributed by atoms with Gasteiger partial charge in [0, 0.05) is 18.2 Å². The van der Waals surface area contributed by atoms with Gasteiger partial charge in [0.15, 0.2) is 0 Å². The van der Waals surface area contributed by atoms with Gasteiger partial charge in [-0.25, -0.2) is 4.39 Å². The van der Waals surface area contributed by atoms with E-state index in [9.17, 15) is 9.50 Å². The average Bonchev–Trinajstić information content (AvgIpc) is 2.46. The molecule has 2 aromatic carbocycles. The van der Waals surface area contributed by atoms with Gasteiger partial charge < -0.3 is 19.3 Å². The minimum absolute atomic E-state index is 0.110. The van der Waals surface area contributed by atoms with Crippen LogP contribution in [0.5, 0.6) is 23.0 Å². The van der Waals surface area contributed by atoms with Gasteiger partial charge >= 0.3 is 0 Å². The number of aliphatic hydroxyl groups is 1. The molecule has 1 N–H and O–H groups in total. The summed E-state index contributed by atoms with van der Waals surface area (Å²) in [6.45, 7) is 1.48. The van der Waals surface area contributed by atoms with Crippen LogP contribution < -0.4 is 14.2 Å². The van der Waals surface area contributed by atoms with Gasteiger partial charge in [-0.05, 0) is 19.1 Å². The van der Waals surface area contributed by atoms with Gasteiger partial charge in [-0.2, -0.15) is 0 Å². The van der Waals surface area contributed by atoms with Crippen molar-refractivity contribution in [3.8, 4) is 23.0 Å². The monoisotopic (exact) mass is 292 g/mol. The SMILES string of the molecule is COc1cc(OC)cc(Oc2cccc(F)c2C(C)O)c1. The molecule has 0 amide bonds. The second-order valence-electron chi connectivity index (χ2n) is 4.48. The standard InChI is InChI=1S/C16H17FO4/c1-10(18)16-14(17)5-4-6-15(16)21-13-8-11(19-2)7-12(9-13)20-3/h4-10,18H,1-3H3. The number of ether oxygens (including phenoxy) is 3. The first-order valence-corrected chi connectivity index (χ1v) is 6.42. The van der Waals surface area contributed by atoms with Crippen LogP contribution in [0.15, 0.2) is 36.4 Å². The number of halogens is 1. The Balaban J connectivity index is 2.40. The molecule has 0 spiro atoms. The lowest BCUT2D eigenvalue weighted by atomic mass is 10.1. The molecule has 112 valence electrons. The molecule has 0 bridgehead atoms. The lowest BCUT2D eigenvalue weighted by Crippen LogP contribution is -2.00. The summed E-state index contributed by atoms with van der Waals surface area (Å²) in [4.78, 5) is 0. The van der Waals surface area contributed by atoms with Crippen molar-refractivity contribution in [3.05, 3.63) is 47.8 Å². The van der Waals surface area contributed by atoms with Gasteiger partial charge in [0.25, 0.3) is 0 Å². The Morgan fingerprint density at radius 1 is 1.00 bits per heavy atom. The molecule has 2 aromatic rings. The second kappa shape index (κ2) is 6.45. The Labute approximate surface area is 122 Å². The Morgan fingerprint density at radius 2 is 1.57 bits per heavy atom. The minimum Gasteiger partial charge on any atom is -0.496 e. The van der Waals surface area contributed by atoms with E-state index in [0.29, 0.717) is 17.2 Å². The summed E-state index contributed by atoms with van der Waals surface area (Å²) in [7, 11) is 3.06. The number of benzene rings is 2. The van der Waals surface area contributed by atoms with Crippen molar-refractivity contribution in [3.63, 3.8) is 0 Å². The molecule has 4 nitrogen and oxygen atoms in total. The van der Waals surface area contributed by atoms with Crippen molar-refractivity contribution in [2.75, 3.05) is 14.2 Å². The fourth-order valence-electron chi connectivity index (χ4n) is 1.98. The molecule has 1 unspecified atom stereocenters. The summed E-state index contributed by atoms with van der Waals surface area (Å²) in [6.07, 6.45) is -0.978. The van der Waals surface area contributed by atoms with E-state index in [0.717, 1.165) is 0 Å². The van der Waals surface area contributed by atoms with Crippen molar-refractivity contribution in [1.29, 1.82) is 0 Å². The molecule has 0 radical (unpaired) electrons. The summed E-state index contributed by atoms with van der Waals surface area (Å²) in [6, 6.07) is 9.40. The molecule has 0 saturated carbocycles. The van der Waals surface area contributed by atoms with E-state index in [1.54, 1.807) is 24.3 Å². The maximum Gasteiger partial charge on any atom is 0.136 e. The van der Waals surface area contributed by atoms with Crippen LogP contribution in [0.1, 0.15) is 18.6 Å². The highest BCUT2D eigenvalue weighted by molar-refractivity contribution is 5.46. The van der Waals surface area contributed by atoms with Crippen LogP contribution >= 0.6 is 0 Å². The summed E-state index contributed by atoms with van der Waals surface area (Å²) >= 11 is 0. The molecule has 0 fully saturated rings. The molecule has 0 aromatic heterocycles. The van der Waals surface area contributed by atoms with E-state index in [4.69, 9.17) is 14.2 Å². The fraction of sp³-hybridized carbons (Fsp3) is 0.250. The van der Waals surface area contributed by atoms with E-state index >= 15 is 0 Å². The van der Waals surface area contributed by atoms with E-state index in [1.165, 1.54) is 33.3 Å². The maximum atomic E-state index is 13.8. The third-order valence-electron chi connectivity index (χ3n) is 2.98. The van der Waals surface area contributed by atoms with E-state index in [1.807, 2.05) is 0 Å². The lowest BCUT2D eigenvalue weighted by Gasteiger charge is -2.15. The second-order valence-corrected chi connectivity index (χ2v) is 4.48. The zero-order chi connectivity index (χ0) is 15.4. The summed E-state index contributed by atoms with van der Waals surface area (Å²) < 4.78 is 29.8. The van der Waals surface area contributed by atoms with Gasteiger partial charge in [0.1, 0.15) is 28.8 Å². The molecule has 2 rings (SSSR count). The number of aliphatic hydroxyl groups excluding tert-OH is 1. The van der Waals surface area contributed by atoms with Gasteiger partial charge in [-0.3, -0.25) is 0 Å². The highest BCUT2D eigenvalue weighted by atomic mass is 19.1. The van der Waals surface area contributed by atoms with Gasteiger partial charge in [-0.15, -0.1) is 0 Å². The van der Waals surface area contributed by atoms with E-state index in [2.05, 4.69) is 0 Å². The number of hydrogen-bond donors (Lipinski definition) is 1. The molecular formula is C16H17FO4. The van der Waals surface area contributed by atoms with Crippen LogP contribution in [-0.2, 0) is 0 Å². The Morgan fingerprint density at radius 3 is 2.10 bits per heavy atom. The predicted molar refractivity (Wildman–Crippen MR) is 76.7 cm³/mol. The van der Waals surface area contributed by atoms with Gasteiger partial charge in [-0.1, -0.05) is 6.07 Å². The van der Waals surface area contributed by atoms with Crippen molar-refractivity contribution >= 4 is 0 Å². The van der Waals surface area contributed by atoms with Crippen LogP contribution in [0, 0.1) is 5.82 Å². The molecule has 0 aliphatic heterocycles. The van der Waals surface area contributed by atoms with Gasteiger partial charge in [0.2, 0.25) is 0 Å². The zero-order valence-corrected chi connectivity index (χ0v) is 12.1. The third kappa shape index (κ3) is 3.44. The lowest BCUT2D eigenvalue weighted by molar-refractivity contribution is 0.190. The quantitative estimate of drug-likeness (QED) is 0.913. The molecular weight excluding hydrogens is 275 g/mol. The minimum atomic E-state index is -0.978. The third-order valence-corrected chi connectivity index (χ3v) is 2.98. The van der Waals surface area contributed by atoms with Crippen LogP contribution in [0.2, 0.25) is 0 Å². The molecule has 21 heavy (non-hydrogen) atoms. The average molecular weight is 292 g/mol. The molecule has 0 aliphatic rings. The fourth-order valence-corrected chi connectivity index (χ4v) is 1.98. The Hall–Kier alpha value is -2.27. The predicted octanol–water partition coefficient (Wildman–Crippen LogP) is 3.69. The topological polar surface area (TPSA) is 47.9 Å². The van der Waals surface area contributed by atoms with Crippen molar-refractivity contribution in [2.24, 2.45) is 0 Å². The van der Waals surface area contributed by atoms with Crippen molar-refractivity contribution < 1.29 is 23.7 Å². The zero-order valence-electron chi connectivity index (χ0n) is 12.1. The Kier molecular flexibility index (Phi) is 4.65. The van der Waals surface area contributed by atoms with Crippen LogP contribution in [-0.4, -0.2) is 19.3 Å². The van der Waals surface area contributed by atoms with Crippen molar-refractivity contribution in [2.45, 2.75) is 13.0 Å². The Bertz CT molecular complexity index is 603.